The number of ether oxygens (including phenoxy) is 1. The predicted molar refractivity (Wildman–Crippen MR) is 87.7 cm³/mol. The first kappa shape index (κ1) is 17.3. The van der Waals surface area contributed by atoms with Crippen molar-refractivity contribution in [1.29, 1.82) is 0 Å². The summed E-state index contributed by atoms with van der Waals surface area (Å²) in [5, 5.41) is 9.89. The smallest absolute Gasteiger partial charge is 0.311 e. The van der Waals surface area contributed by atoms with Crippen LogP contribution in [-0.4, -0.2) is 17.2 Å². The molecule has 0 saturated heterocycles. The highest BCUT2D eigenvalue weighted by atomic mass is 35.5. The van der Waals surface area contributed by atoms with E-state index < -0.39 is 17.7 Å². The fourth-order valence-electron chi connectivity index (χ4n) is 2.30. The Morgan fingerprint density at radius 2 is 1.87 bits per heavy atom. The van der Waals surface area contributed by atoms with Crippen LogP contribution in [0.1, 0.15) is 30.9 Å². The minimum atomic E-state index is -0.963. The zero-order valence-electron chi connectivity index (χ0n) is 12.9. The number of carboxylic acids is 1. The fraction of sp³-hybridized carbons (Fsp3) is 0.278. The molecule has 122 valence electrons. The summed E-state index contributed by atoms with van der Waals surface area (Å²) in [6.45, 7) is 3.80. The van der Waals surface area contributed by atoms with E-state index in [4.69, 9.17) is 16.3 Å². The van der Waals surface area contributed by atoms with Crippen LogP contribution in [0.3, 0.4) is 0 Å². The van der Waals surface area contributed by atoms with Gasteiger partial charge in [-0.1, -0.05) is 29.8 Å². The van der Waals surface area contributed by atoms with E-state index in [-0.39, 0.29) is 12.5 Å². The molecule has 2 aromatic rings. The van der Waals surface area contributed by atoms with Crippen molar-refractivity contribution in [3.63, 3.8) is 0 Å². The van der Waals surface area contributed by atoms with Gasteiger partial charge >= 0.3 is 5.97 Å². The van der Waals surface area contributed by atoms with Crippen LogP contribution in [0, 0.1) is 5.82 Å². The molecule has 0 bridgehead atoms. The molecule has 3 nitrogen and oxygen atoms in total. The lowest BCUT2D eigenvalue weighted by Gasteiger charge is -2.15. The molecule has 0 heterocycles. The zero-order chi connectivity index (χ0) is 17.0. The van der Waals surface area contributed by atoms with E-state index in [9.17, 15) is 14.3 Å². The van der Waals surface area contributed by atoms with E-state index in [0.717, 1.165) is 5.56 Å². The van der Waals surface area contributed by atoms with Crippen molar-refractivity contribution in [2.45, 2.75) is 32.3 Å². The van der Waals surface area contributed by atoms with Gasteiger partial charge in [-0.05, 0) is 55.7 Å². The Labute approximate surface area is 139 Å². The molecule has 0 aliphatic heterocycles. The summed E-state index contributed by atoms with van der Waals surface area (Å²) in [4.78, 5) is 11.5. The van der Waals surface area contributed by atoms with Crippen molar-refractivity contribution in [3.05, 3.63) is 64.4 Å². The Hall–Kier alpha value is -2.07. The number of carbonyl (C=O) groups is 1. The molecule has 0 aromatic heterocycles. The second-order valence-corrected chi connectivity index (χ2v) is 5.99. The Bertz CT molecular complexity index is 683. The van der Waals surface area contributed by atoms with Crippen LogP contribution in [0.5, 0.6) is 5.75 Å². The monoisotopic (exact) mass is 336 g/mol. The SMILES string of the molecule is CC(C)Oc1ccc(CC(C(=O)O)c2ccc(F)cc2)cc1Cl. The molecular formula is C18H18ClFO3. The van der Waals surface area contributed by atoms with Gasteiger partial charge < -0.3 is 9.84 Å². The van der Waals surface area contributed by atoms with Crippen molar-refractivity contribution < 1.29 is 19.0 Å². The predicted octanol–water partition coefficient (Wildman–Crippen LogP) is 4.68. The lowest BCUT2D eigenvalue weighted by atomic mass is 9.92. The molecule has 1 unspecified atom stereocenters. The van der Waals surface area contributed by atoms with Crippen molar-refractivity contribution in [1.82, 2.24) is 0 Å². The Balaban J connectivity index is 2.22. The summed E-state index contributed by atoms with van der Waals surface area (Å²) in [7, 11) is 0. The topological polar surface area (TPSA) is 46.5 Å². The number of hydrogen-bond acceptors (Lipinski definition) is 2. The molecule has 0 radical (unpaired) electrons. The van der Waals surface area contributed by atoms with Crippen LogP contribution >= 0.6 is 11.6 Å². The van der Waals surface area contributed by atoms with Crippen molar-refractivity contribution >= 4 is 17.6 Å². The summed E-state index contributed by atoms with van der Waals surface area (Å²) in [6.07, 6.45) is 0.271. The van der Waals surface area contributed by atoms with Gasteiger partial charge in [0, 0.05) is 0 Å². The molecular weight excluding hydrogens is 319 g/mol. The van der Waals surface area contributed by atoms with Gasteiger partial charge in [0.05, 0.1) is 17.0 Å². The number of hydrogen-bond donors (Lipinski definition) is 1. The number of carboxylic acid groups (broad SMARTS) is 1. The maximum Gasteiger partial charge on any atom is 0.311 e. The molecule has 1 atom stereocenters. The average Bonchev–Trinajstić information content (AvgIpc) is 2.48. The highest BCUT2D eigenvalue weighted by molar-refractivity contribution is 6.32. The molecule has 0 aliphatic rings. The van der Waals surface area contributed by atoms with Crippen molar-refractivity contribution in [2.75, 3.05) is 0 Å². The maximum absolute atomic E-state index is 13.0. The van der Waals surface area contributed by atoms with Gasteiger partial charge in [0.2, 0.25) is 0 Å². The first-order valence-electron chi connectivity index (χ1n) is 7.30. The third-order valence-electron chi connectivity index (χ3n) is 3.37. The van der Waals surface area contributed by atoms with E-state index in [2.05, 4.69) is 0 Å². The molecule has 2 rings (SSSR count). The van der Waals surface area contributed by atoms with Gasteiger partial charge in [-0.15, -0.1) is 0 Å². The van der Waals surface area contributed by atoms with Crippen LogP contribution in [0.2, 0.25) is 5.02 Å². The lowest BCUT2D eigenvalue weighted by Crippen LogP contribution is -2.14. The van der Waals surface area contributed by atoms with Crippen molar-refractivity contribution in [3.8, 4) is 5.75 Å². The van der Waals surface area contributed by atoms with E-state index in [1.54, 1.807) is 18.2 Å². The van der Waals surface area contributed by atoms with Crippen LogP contribution in [0.4, 0.5) is 4.39 Å². The van der Waals surface area contributed by atoms with Crippen LogP contribution in [0.25, 0.3) is 0 Å². The third-order valence-corrected chi connectivity index (χ3v) is 3.66. The zero-order valence-corrected chi connectivity index (χ0v) is 13.7. The summed E-state index contributed by atoms with van der Waals surface area (Å²) in [5.74, 6) is -1.55. The Kier molecular flexibility index (Phi) is 5.61. The van der Waals surface area contributed by atoms with Gasteiger partial charge in [0.1, 0.15) is 11.6 Å². The minimum absolute atomic E-state index is 0.00401. The third kappa shape index (κ3) is 4.70. The minimum Gasteiger partial charge on any atom is -0.489 e. The number of halogens is 2. The number of aliphatic carboxylic acids is 1. The molecule has 2 aromatic carbocycles. The Morgan fingerprint density at radius 1 is 1.22 bits per heavy atom. The van der Waals surface area contributed by atoms with Crippen molar-refractivity contribution in [2.24, 2.45) is 0 Å². The maximum atomic E-state index is 13.0. The van der Waals surface area contributed by atoms with E-state index in [1.807, 2.05) is 13.8 Å². The quantitative estimate of drug-likeness (QED) is 0.833. The van der Waals surface area contributed by atoms with E-state index in [0.29, 0.717) is 16.3 Å². The van der Waals surface area contributed by atoms with Gasteiger partial charge in [0.25, 0.3) is 0 Å². The molecule has 0 fully saturated rings. The molecule has 0 spiro atoms. The molecule has 0 saturated carbocycles. The van der Waals surface area contributed by atoms with E-state index >= 15 is 0 Å². The standard InChI is InChI=1S/C18H18ClFO3/c1-11(2)23-17-8-3-12(10-16(17)19)9-15(18(21)22)13-4-6-14(20)7-5-13/h3-8,10-11,15H,9H2,1-2H3,(H,21,22). The highest BCUT2D eigenvalue weighted by Crippen LogP contribution is 2.29. The van der Waals surface area contributed by atoms with E-state index in [1.165, 1.54) is 24.3 Å². The van der Waals surface area contributed by atoms with Crippen LogP contribution in [0.15, 0.2) is 42.5 Å². The molecule has 23 heavy (non-hydrogen) atoms. The number of rotatable bonds is 6. The molecule has 0 aliphatic carbocycles. The number of benzene rings is 2. The van der Waals surface area contributed by atoms with Crippen LogP contribution < -0.4 is 4.74 Å². The highest BCUT2D eigenvalue weighted by Gasteiger charge is 2.21. The fourth-order valence-corrected chi connectivity index (χ4v) is 2.55. The average molecular weight is 337 g/mol. The molecule has 0 amide bonds. The largest absolute Gasteiger partial charge is 0.489 e. The summed E-state index contributed by atoms with van der Waals surface area (Å²) < 4.78 is 18.6. The van der Waals surface area contributed by atoms with Gasteiger partial charge in [-0.3, -0.25) is 4.79 Å². The molecule has 5 heteroatoms. The second kappa shape index (κ2) is 7.47. The first-order valence-corrected chi connectivity index (χ1v) is 7.68. The van der Waals surface area contributed by atoms with Gasteiger partial charge in [0.15, 0.2) is 0 Å². The summed E-state index contributed by atoms with van der Waals surface area (Å²) in [5.41, 5.74) is 1.33. The second-order valence-electron chi connectivity index (χ2n) is 5.58. The Morgan fingerprint density at radius 3 is 2.39 bits per heavy atom. The lowest BCUT2D eigenvalue weighted by molar-refractivity contribution is -0.138. The summed E-state index contributed by atoms with van der Waals surface area (Å²) in [6, 6.07) is 10.7. The normalized spacial score (nSPS) is 12.2. The van der Waals surface area contributed by atoms with Gasteiger partial charge in [-0.25, -0.2) is 4.39 Å². The first-order chi connectivity index (χ1) is 10.9. The molecule has 1 N–H and O–H groups in total. The van der Waals surface area contributed by atoms with Crippen LogP contribution in [-0.2, 0) is 11.2 Å². The summed E-state index contributed by atoms with van der Waals surface area (Å²) >= 11 is 6.18. The van der Waals surface area contributed by atoms with Gasteiger partial charge in [-0.2, -0.15) is 0 Å².